The van der Waals surface area contributed by atoms with Crippen LogP contribution in [-0.2, 0) is 10.1 Å². The van der Waals surface area contributed by atoms with Crippen LogP contribution >= 0.6 is 0 Å². The van der Waals surface area contributed by atoms with Gasteiger partial charge in [0.25, 0.3) is 0 Å². The Hall–Kier alpha value is 1.51. The van der Waals surface area contributed by atoms with Crippen molar-refractivity contribution in [2.24, 2.45) is 0 Å². The summed E-state index contributed by atoms with van der Waals surface area (Å²) >= 11 is 0. The Bertz CT molecular complexity index is 401. The Morgan fingerprint density at radius 1 is 0.667 bits per heavy atom. The van der Waals surface area contributed by atoms with E-state index in [-0.39, 0.29) is 57.5 Å². The molecule has 0 rings (SSSR count). The maximum atomic E-state index is 11.2. The quantitative estimate of drug-likeness (QED) is 0.194. The van der Waals surface area contributed by atoms with E-state index < -0.39 is 15.4 Å². The molecular weight excluding hydrogens is 387 g/mol. The second kappa shape index (κ2) is 20.8. The van der Waals surface area contributed by atoms with Gasteiger partial charge in [0.2, 0.25) is 0 Å². The van der Waals surface area contributed by atoms with Crippen molar-refractivity contribution in [3.05, 3.63) is 0 Å². The number of rotatable bonds is 19. The number of hydrogen-bond donors (Lipinski definition) is 1. The number of hydrogen-bond acceptors (Lipinski definition) is 4. The van der Waals surface area contributed by atoms with Gasteiger partial charge in [-0.3, -0.25) is 0 Å². The molecule has 0 aliphatic heterocycles. The summed E-state index contributed by atoms with van der Waals surface area (Å²) in [6.07, 6.45) is 17.3. The van der Waals surface area contributed by atoms with Gasteiger partial charge in [-0.25, -0.2) is 8.42 Å². The summed E-state index contributed by atoms with van der Waals surface area (Å²) in [6.45, 7) is 4.15. The number of aliphatic hydroxyl groups is 1. The van der Waals surface area contributed by atoms with E-state index in [1.165, 1.54) is 38.5 Å². The molecule has 2 atom stereocenters. The van der Waals surface area contributed by atoms with E-state index in [2.05, 4.69) is 6.92 Å². The Balaban J connectivity index is 0. The summed E-state index contributed by atoms with van der Waals surface area (Å²) in [6, 6.07) is 0. The third-order valence-electron chi connectivity index (χ3n) is 5.22. The summed E-state index contributed by atoms with van der Waals surface area (Å²) in [7, 11) is -4.14. The van der Waals surface area contributed by atoms with Crippen LogP contribution in [0.1, 0.15) is 123 Å². The molecule has 0 amide bonds. The molecular formula is C21H43KO4S. The second-order valence-electron chi connectivity index (χ2n) is 7.81. The van der Waals surface area contributed by atoms with Crippen molar-refractivity contribution in [1.82, 2.24) is 0 Å². The fraction of sp³-hybridized carbons (Fsp3) is 1.00. The Morgan fingerprint density at radius 2 is 1.07 bits per heavy atom. The van der Waals surface area contributed by atoms with Crippen LogP contribution in [0.3, 0.4) is 0 Å². The zero-order chi connectivity index (χ0) is 19.7. The number of aliphatic hydroxyl groups excluding tert-OH is 1. The molecule has 0 radical (unpaired) electrons. The minimum Gasteiger partial charge on any atom is -0.748 e. The SMILES string of the molecule is CCCCCCCCCC(O)CCCCCCCC(CCC)S(=O)(=O)[O-].[K+]. The van der Waals surface area contributed by atoms with Gasteiger partial charge in [-0.1, -0.05) is 97.3 Å². The van der Waals surface area contributed by atoms with Crippen molar-refractivity contribution in [2.75, 3.05) is 0 Å². The molecule has 0 spiro atoms. The summed E-state index contributed by atoms with van der Waals surface area (Å²) in [5, 5.41) is 9.31. The molecule has 0 saturated carbocycles. The molecule has 0 aromatic heterocycles. The monoisotopic (exact) mass is 430 g/mol. The molecule has 6 heteroatoms. The molecule has 27 heavy (non-hydrogen) atoms. The molecule has 0 aliphatic carbocycles. The van der Waals surface area contributed by atoms with Crippen LogP contribution in [-0.4, -0.2) is 29.4 Å². The first-order valence-corrected chi connectivity index (χ1v) is 12.5. The van der Waals surface area contributed by atoms with Crippen molar-refractivity contribution in [3.8, 4) is 0 Å². The molecule has 1 N–H and O–H groups in total. The molecule has 0 fully saturated rings. The van der Waals surface area contributed by atoms with Crippen LogP contribution in [0.5, 0.6) is 0 Å². The van der Waals surface area contributed by atoms with E-state index in [0.717, 1.165) is 57.8 Å². The summed E-state index contributed by atoms with van der Waals surface area (Å²) in [5.74, 6) is 0. The van der Waals surface area contributed by atoms with E-state index in [0.29, 0.717) is 12.8 Å². The molecule has 0 saturated heterocycles. The average molecular weight is 431 g/mol. The van der Waals surface area contributed by atoms with Crippen molar-refractivity contribution < 1.29 is 69.5 Å². The van der Waals surface area contributed by atoms with Crippen LogP contribution in [0.15, 0.2) is 0 Å². The standard InChI is InChI=1S/C21H44O4S.K/c1-3-5-6-7-8-10-13-17-20(22)18-14-11-9-12-15-19-21(16-4-2)26(23,24)25;/h20-22H,3-19H2,1-2H3,(H,23,24,25);/q;+1/p-1. The topological polar surface area (TPSA) is 77.4 Å². The molecule has 0 aromatic rings. The second-order valence-corrected chi connectivity index (χ2v) is 9.46. The van der Waals surface area contributed by atoms with Crippen molar-refractivity contribution >= 4 is 10.1 Å². The largest absolute Gasteiger partial charge is 1.00 e. The van der Waals surface area contributed by atoms with E-state index in [1.807, 2.05) is 6.92 Å². The Kier molecular flexibility index (Phi) is 23.6. The fourth-order valence-corrected chi connectivity index (χ4v) is 4.50. The average Bonchev–Trinajstić information content (AvgIpc) is 2.58. The van der Waals surface area contributed by atoms with Crippen LogP contribution in [0.25, 0.3) is 0 Å². The van der Waals surface area contributed by atoms with Crippen LogP contribution in [0.4, 0.5) is 0 Å². The zero-order valence-electron chi connectivity index (χ0n) is 18.3. The first kappa shape index (κ1) is 30.7. The van der Waals surface area contributed by atoms with Gasteiger partial charge in [-0.15, -0.1) is 0 Å². The molecule has 4 nitrogen and oxygen atoms in total. The van der Waals surface area contributed by atoms with E-state index in [4.69, 9.17) is 0 Å². The van der Waals surface area contributed by atoms with Crippen LogP contribution in [0, 0.1) is 0 Å². The van der Waals surface area contributed by atoms with Crippen molar-refractivity contribution in [2.45, 2.75) is 134 Å². The summed E-state index contributed by atoms with van der Waals surface area (Å²) in [5.41, 5.74) is 0. The molecule has 0 aliphatic rings. The molecule has 2 unspecified atom stereocenters. The van der Waals surface area contributed by atoms with Crippen LogP contribution in [0.2, 0.25) is 0 Å². The van der Waals surface area contributed by atoms with Gasteiger partial charge in [0, 0.05) is 5.25 Å². The minimum absolute atomic E-state index is 0. The van der Waals surface area contributed by atoms with Crippen molar-refractivity contribution in [1.29, 1.82) is 0 Å². The van der Waals surface area contributed by atoms with E-state index in [9.17, 15) is 18.1 Å². The summed E-state index contributed by atoms with van der Waals surface area (Å²) in [4.78, 5) is 0. The molecule has 0 heterocycles. The minimum atomic E-state index is -4.14. The third kappa shape index (κ3) is 20.6. The Labute approximate surface area is 211 Å². The van der Waals surface area contributed by atoms with Gasteiger partial charge in [0.1, 0.15) is 0 Å². The predicted molar refractivity (Wildman–Crippen MR) is 109 cm³/mol. The van der Waals surface area contributed by atoms with Gasteiger partial charge in [-0.05, 0) is 25.7 Å². The fourth-order valence-electron chi connectivity index (χ4n) is 3.52. The maximum Gasteiger partial charge on any atom is 1.00 e. The van der Waals surface area contributed by atoms with Gasteiger partial charge >= 0.3 is 51.4 Å². The first-order chi connectivity index (χ1) is 12.4. The molecule has 0 bridgehead atoms. The maximum absolute atomic E-state index is 11.2. The number of unbranched alkanes of at least 4 members (excludes halogenated alkanes) is 10. The van der Waals surface area contributed by atoms with Gasteiger partial charge in [0.05, 0.1) is 16.2 Å². The molecule has 0 aromatic carbocycles. The molecule has 158 valence electrons. The van der Waals surface area contributed by atoms with E-state index in [1.54, 1.807) is 0 Å². The van der Waals surface area contributed by atoms with E-state index >= 15 is 0 Å². The van der Waals surface area contributed by atoms with Crippen molar-refractivity contribution in [3.63, 3.8) is 0 Å². The van der Waals surface area contributed by atoms with Gasteiger partial charge < -0.3 is 9.66 Å². The van der Waals surface area contributed by atoms with Gasteiger partial charge in [-0.2, -0.15) is 0 Å². The normalized spacial score (nSPS) is 13.9. The Morgan fingerprint density at radius 3 is 1.48 bits per heavy atom. The van der Waals surface area contributed by atoms with Crippen LogP contribution < -0.4 is 51.4 Å². The predicted octanol–water partition coefficient (Wildman–Crippen LogP) is 2.94. The zero-order valence-corrected chi connectivity index (χ0v) is 22.2. The first-order valence-electron chi connectivity index (χ1n) is 11.0. The summed E-state index contributed by atoms with van der Waals surface area (Å²) < 4.78 is 33.5. The van der Waals surface area contributed by atoms with Gasteiger partial charge in [0.15, 0.2) is 0 Å². The third-order valence-corrected chi connectivity index (χ3v) is 6.51. The smallest absolute Gasteiger partial charge is 0.748 e.